The summed E-state index contributed by atoms with van der Waals surface area (Å²) in [4.78, 5) is 13.5. The fourth-order valence-corrected chi connectivity index (χ4v) is 2.96. The second-order valence-corrected chi connectivity index (χ2v) is 5.68. The van der Waals surface area contributed by atoms with Crippen LogP contribution < -0.4 is 15.2 Å². The second-order valence-electron chi connectivity index (χ2n) is 5.68. The molecule has 1 fully saturated rings. The Morgan fingerprint density at radius 2 is 1.96 bits per heavy atom. The third-order valence-electron chi connectivity index (χ3n) is 4.05. The molecule has 126 valence electrons. The van der Waals surface area contributed by atoms with E-state index in [1.165, 1.54) is 6.07 Å². The topological polar surface area (TPSA) is 64.8 Å². The number of nitrogens with zero attached hydrogens (tertiary/aromatic N) is 1. The number of carbonyl (C=O) groups is 1. The molecule has 2 N–H and O–H groups in total. The van der Waals surface area contributed by atoms with Gasteiger partial charge in [0.25, 0.3) is 5.91 Å². The lowest BCUT2D eigenvalue weighted by atomic mass is 9.97. The number of nitrogens with two attached hydrogens (primary N) is 1. The molecule has 0 bridgehead atoms. The molecular weight excluding hydrogens is 313 g/mol. The molecule has 0 saturated carbocycles. The first-order valence-corrected chi connectivity index (χ1v) is 7.40. The van der Waals surface area contributed by atoms with Crippen LogP contribution in [-0.2, 0) is 0 Å². The highest BCUT2D eigenvalue weighted by atomic mass is 19.4. The molecule has 8 heteroatoms. The molecule has 0 radical (unpaired) electrons. The quantitative estimate of drug-likeness (QED) is 0.855. The van der Waals surface area contributed by atoms with E-state index in [2.05, 4.69) is 0 Å². The number of hydrogen-bond donors (Lipinski definition) is 1. The van der Waals surface area contributed by atoms with Gasteiger partial charge < -0.3 is 20.1 Å². The van der Waals surface area contributed by atoms with Crippen LogP contribution >= 0.6 is 0 Å². The van der Waals surface area contributed by atoms with Crippen LogP contribution in [0, 0.1) is 0 Å². The number of likely N-dealkylation sites (tertiary alicyclic amines) is 1. The van der Waals surface area contributed by atoms with Crippen LogP contribution in [0.1, 0.15) is 23.2 Å². The first-order valence-electron chi connectivity index (χ1n) is 7.40. The van der Waals surface area contributed by atoms with Crippen LogP contribution in [0.15, 0.2) is 18.2 Å². The molecule has 23 heavy (non-hydrogen) atoms. The number of carbonyl (C=O) groups excluding carboxylic acids is 1. The van der Waals surface area contributed by atoms with E-state index < -0.39 is 24.2 Å². The van der Waals surface area contributed by atoms with Gasteiger partial charge in [0.05, 0.1) is 5.56 Å². The molecule has 2 atom stereocenters. The SMILES string of the molecule is N[C@H]1CC[C@@H](C(F)(F)F)N(C(=O)c2cccc3c2OCCO3)C1. The Hall–Kier alpha value is -1.96. The number of rotatable bonds is 1. The van der Waals surface area contributed by atoms with Crippen molar-refractivity contribution in [3.05, 3.63) is 23.8 Å². The van der Waals surface area contributed by atoms with E-state index in [-0.39, 0.29) is 37.3 Å². The van der Waals surface area contributed by atoms with E-state index >= 15 is 0 Å². The van der Waals surface area contributed by atoms with Gasteiger partial charge in [0.15, 0.2) is 11.5 Å². The van der Waals surface area contributed by atoms with Gasteiger partial charge in [-0.2, -0.15) is 13.2 Å². The number of fused-ring (bicyclic) bond motifs is 1. The Morgan fingerprint density at radius 3 is 2.70 bits per heavy atom. The average Bonchev–Trinajstić information content (AvgIpc) is 2.52. The third kappa shape index (κ3) is 3.08. The van der Waals surface area contributed by atoms with E-state index in [0.29, 0.717) is 12.4 Å². The van der Waals surface area contributed by atoms with Gasteiger partial charge in [0, 0.05) is 12.6 Å². The lowest BCUT2D eigenvalue weighted by molar-refractivity contribution is -0.184. The molecule has 2 aliphatic rings. The van der Waals surface area contributed by atoms with Crippen LogP contribution in [0.4, 0.5) is 13.2 Å². The van der Waals surface area contributed by atoms with E-state index in [9.17, 15) is 18.0 Å². The maximum atomic E-state index is 13.2. The molecule has 2 heterocycles. The zero-order chi connectivity index (χ0) is 16.6. The summed E-state index contributed by atoms with van der Waals surface area (Å²) >= 11 is 0. The molecule has 2 aliphatic heterocycles. The van der Waals surface area contributed by atoms with Crippen molar-refractivity contribution >= 4 is 5.91 Å². The van der Waals surface area contributed by atoms with Crippen LogP contribution in [0.2, 0.25) is 0 Å². The van der Waals surface area contributed by atoms with E-state index in [1.54, 1.807) is 12.1 Å². The largest absolute Gasteiger partial charge is 0.486 e. The first kappa shape index (κ1) is 15.9. The number of ether oxygens (including phenoxy) is 2. The van der Waals surface area contributed by atoms with Crippen molar-refractivity contribution in [3.63, 3.8) is 0 Å². The third-order valence-corrected chi connectivity index (χ3v) is 4.05. The number of amides is 1. The predicted octanol–water partition coefficient (Wildman–Crippen LogP) is 1.95. The predicted molar refractivity (Wildman–Crippen MR) is 75.5 cm³/mol. The molecule has 0 aromatic heterocycles. The van der Waals surface area contributed by atoms with E-state index in [1.807, 2.05) is 0 Å². The van der Waals surface area contributed by atoms with Gasteiger partial charge in [-0.15, -0.1) is 0 Å². The van der Waals surface area contributed by atoms with Gasteiger partial charge >= 0.3 is 6.18 Å². The summed E-state index contributed by atoms with van der Waals surface area (Å²) in [5.41, 5.74) is 5.84. The average molecular weight is 330 g/mol. The molecule has 0 aliphatic carbocycles. The minimum atomic E-state index is -4.48. The number of alkyl halides is 3. The van der Waals surface area contributed by atoms with Gasteiger partial charge in [-0.1, -0.05) is 6.07 Å². The van der Waals surface area contributed by atoms with Crippen molar-refractivity contribution in [1.29, 1.82) is 0 Å². The Morgan fingerprint density at radius 1 is 1.22 bits per heavy atom. The van der Waals surface area contributed by atoms with Crippen LogP contribution in [0.25, 0.3) is 0 Å². The van der Waals surface area contributed by atoms with Crippen molar-refractivity contribution < 1.29 is 27.4 Å². The van der Waals surface area contributed by atoms with Gasteiger partial charge in [-0.3, -0.25) is 4.79 Å². The van der Waals surface area contributed by atoms with Crippen LogP contribution in [-0.4, -0.2) is 48.8 Å². The minimum absolute atomic E-state index is 0.0746. The molecular formula is C15H17F3N2O3. The Labute approximate surface area is 131 Å². The molecule has 5 nitrogen and oxygen atoms in total. The van der Waals surface area contributed by atoms with Crippen molar-refractivity contribution in [3.8, 4) is 11.5 Å². The molecule has 1 aromatic rings. The Balaban J connectivity index is 1.94. The highest BCUT2D eigenvalue weighted by Gasteiger charge is 2.48. The summed E-state index contributed by atoms with van der Waals surface area (Å²) in [6.07, 6.45) is -4.44. The van der Waals surface area contributed by atoms with Gasteiger partial charge in [-0.25, -0.2) is 0 Å². The van der Waals surface area contributed by atoms with Crippen molar-refractivity contribution in [2.75, 3.05) is 19.8 Å². The standard InChI is InChI=1S/C15H17F3N2O3/c16-15(17,18)12-5-4-9(19)8-20(12)14(21)10-2-1-3-11-13(10)23-7-6-22-11/h1-3,9,12H,4-8,19H2/t9-,12-/m0/s1. The maximum Gasteiger partial charge on any atom is 0.408 e. The molecule has 1 aromatic carbocycles. The van der Waals surface area contributed by atoms with Crippen LogP contribution in [0.3, 0.4) is 0 Å². The second kappa shape index (κ2) is 5.92. The van der Waals surface area contributed by atoms with E-state index in [4.69, 9.17) is 15.2 Å². The van der Waals surface area contributed by atoms with Gasteiger partial charge in [0.2, 0.25) is 0 Å². The minimum Gasteiger partial charge on any atom is -0.486 e. The zero-order valence-electron chi connectivity index (χ0n) is 12.3. The smallest absolute Gasteiger partial charge is 0.408 e. The molecule has 1 saturated heterocycles. The maximum absolute atomic E-state index is 13.2. The Bertz CT molecular complexity index is 606. The molecule has 0 spiro atoms. The highest BCUT2D eigenvalue weighted by Crippen LogP contribution is 2.37. The fraction of sp³-hybridized carbons (Fsp3) is 0.533. The zero-order valence-corrected chi connectivity index (χ0v) is 12.3. The first-order chi connectivity index (χ1) is 10.9. The lowest BCUT2D eigenvalue weighted by Gasteiger charge is -2.39. The summed E-state index contributed by atoms with van der Waals surface area (Å²) in [5, 5.41) is 0. The molecule has 0 unspecified atom stereocenters. The number of para-hydroxylation sites is 1. The summed E-state index contributed by atoms with van der Waals surface area (Å²) < 4.78 is 50.5. The normalized spacial score (nSPS) is 24.4. The van der Waals surface area contributed by atoms with Crippen molar-refractivity contribution in [2.45, 2.75) is 31.1 Å². The molecule has 3 rings (SSSR count). The lowest BCUT2D eigenvalue weighted by Crippen LogP contribution is -2.56. The van der Waals surface area contributed by atoms with Crippen molar-refractivity contribution in [1.82, 2.24) is 4.90 Å². The van der Waals surface area contributed by atoms with Gasteiger partial charge in [-0.05, 0) is 25.0 Å². The summed E-state index contributed by atoms with van der Waals surface area (Å²) in [6, 6.07) is 2.34. The summed E-state index contributed by atoms with van der Waals surface area (Å²) in [5.74, 6) is -0.166. The number of piperidine rings is 1. The Kier molecular flexibility index (Phi) is 4.09. The number of hydrogen-bond acceptors (Lipinski definition) is 4. The van der Waals surface area contributed by atoms with Crippen molar-refractivity contribution in [2.24, 2.45) is 5.73 Å². The van der Waals surface area contributed by atoms with E-state index in [0.717, 1.165) is 4.90 Å². The summed E-state index contributed by atoms with van der Waals surface area (Å²) in [6.45, 7) is 0.456. The molecule has 1 amide bonds. The number of benzene rings is 1. The summed E-state index contributed by atoms with van der Waals surface area (Å²) in [7, 11) is 0. The number of halogens is 3. The van der Waals surface area contributed by atoms with Gasteiger partial charge in [0.1, 0.15) is 19.3 Å². The van der Waals surface area contributed by atoms with Crippen LogP contribution in [0.5, 0.6) is 11.5 Å². The fourth-order valence-electron chi connectivity index (χ4n) is 2.96. The monoisotopic (exact) mass is 330 g/mol. The highest BCUT2D eigenvalue weighted by molar-refractivity contribution is 5.98.